The molecule has 5 nitrogen and oxygen atoms in total. The molecule has 1 aliphatic rings. The molecule has 2 heterocycles. The second-order valence-corrected chi connectivity index (χ2v) is 3.13. The molecule has 1 N–H and O–H groups in total. The van der Waals surface area contributed by atoms with Gasteiger partial charge in [-0.15, -0.1) is 0 Å². The predicted octanol–water partition coefficient (Wildman–Crippen LogP) is 0.225. The minimum Gasteiger partial charge on any atom is -0.347 e. The zero-order valence-electron chi connectivity index (χ0n) is 7.65. The molecule has 2 rings (SSSR count). The van der Waals surface area contributed by atoms with Gasteiger partial charge in [-0.1, -0.05) is 0 Å². The Balaban J connectivity index is 2.15. The van der Waals surface area contributed by atoms with Gasteiger partial charge in [-0.05, 0) is 6.92 Å². The van der Waals surface area contributed by atoms with Crippen LogP contribution in [0.25, 0.3) is 0 Å². The van der Waals surface area contributed by atoms with Crippen LogP contribution in [0.2, 0.25) is 0 Å². The fraction of sp³-hybridized carbons (Fsp3) is 0.222. The Hall–Kier alpha value is -1.91. The summed E-state index contributed by atoms with van der Waals surface area (Å²) in [4.78, 5) is 30.6. The van der Waals surface area contributed by atoms with E-state index in [2.05, 4.69) is 9.97 Å². The second kappa shape index (κ2) is 3.10. The fourth-order valence-electron chi connectivity index (χ4n) is 1.33. The van der Waals surface area contributed by atoms with Gasteiger partial charge in [0.2, 0.25) is 0 Å². The summed E-state index contributed by atoms with van der Waals surface area (Å²) in [5, 5.41) is 0. The number of aromatic nitrogens is 2. The van der Waals surface area contributed by atoms with Crippen molar-refractivity contribution < 1.29 is 9.59 Å². The molecule has 0 fully saturated rings. The number of imidazole rings is 1. The lowest BCUT2D eigenvalue weighted by atomic mass is 10.3. The number of amides is 2. The number of carbonyl (C=O) groups is 2. The predicted molar refractivity (Wildman–Crippen MR) is 47.9 cm³/mol. The lowest BCUT2D eigenvalue weighted by Crippen LogP contribution is -2.30. The lowest BCUT2D eigenvalue weighted by Gasteiger charge is -2.12. The average Bonchev–Trinajstić information content (AvgIpc) is 2.71. The van der Waals surface area contributed by atoms with E-state index in [1.807, 2.05) is 0 Å². The first-order valence-electron chi connectivity index (χ1n) is 4.20. The SMILES string of the molecule is CC1=CC(=O)N(Cc2cnc[nH]2)C1=O. The van der Waals surface area contributed by atoms with Gasteiger partial charge >= 0.3 is 0 Å². The first-order valence-corrected chi connectivity index (χ1v) is 4.20. The van der Waals surface area contributed by atoms with Crippen LogP contribution in [0.1, 0.15) is 12.6 Å². The molecule has 0 bridgehead atoms. The topological polar surface area (TPSA) is 66.1 Å². The van der Waals surface area contributed by atoms with Crippen LogP contribution in [0.5, 0.6) is 0 Å². The van der Waals surface area contributed by atoms with Crippen LogP contribution in [-0.2, 0) is 16.1 Å². The molecule has 5 heteroatoms. The molecule has 2 amide bonds. The number of hydrogen-bond acceptors (Lipinski definition) is 3. The number of rotatable bonds is 2. The number of H-pyrrole nitrogens is 1. The molecule has 0 spiro atoms. The highest BCUT2D eigenvalue weighted by atomic mass is 16.2. The molecule has 0 atom stereocenters. The van der Waals surface area contributed by atoms with E-state index < -0.39 is 0 Å². The quantitative estimate of drug-likeness (QED) is 0.680. The Labute approximate surface area is 80.4 Å². The summed E-state index contributed by atoms with van der Waals surface area (Å²) in [5.74, 6) is -0.494. The van der Waals surface area contributed by atoms with Gasteiger partial charge in [0.15, 0.2) is 0 Å². The molecular weight excluding hydrogens is 182 g/mol. The molecule has 1 aliphatic heterocycles. The Morgan fingerprint density at radius 1 is 1.50 bits per heavy atom. The Bertz CT molecular complexity index is 406. The van der Waals surface area contributed by atoms with Crippen LogP contribution >= 0.6 is 0 Å². The third-order valence-corrected chi connectivity index (χ3v) is 2.07. The van der Waals surface area contributed by atoms with Crippen LogP contribution in [0, 0.1) is 0 Å². The van der Waals surface area contributed by atoms with Crippen LogP contribution in [0.4, 0.5) is 0 Å². The summed E-state index contributed by atoms with van der Waals surface area (Å²) in [7, 11) is 0. The smallest absolute Gasteiger partial charge is 0.256 e. The zero-order valence-corrected chi connectivity index (χ0v) is 7.65. The first kappa shape index (κ1) is 8.68. The zero-order chi connectivity index (χ0) is 10.1. The summed E-state index contributed by atoms with van der Waals surface area (Å²) in [6, 6.07) is 0. The molecule has 0 aromatic carbocycles. The van der Waals surface area contributed by atoms with Crippen molar-refractivity contribution in [3.63, 3.8) is 0 Å². The van der Waals surface area contributed by atoms with Gasteiger partial charge in [0, 0.05) is 17.8 Å². The normalized spacial score (nSPS) is 16.4. The molecule has 14 heavy (non-hydrogen) atoms. The minimum atomic E-state index is -0.262. The van der Waals surface area contributed by atoms with E-state index >= 15 is 0 Å². The van der Waals surface area contributed by atoms with Gasteiger partial charge in [-0.25, -0.2) is 4.98 Å². The van der Waals surface area contributed by atoms with E-state index in [4.69, 9.17) is 0 Å². The van der Waals surface area contributed by atoms with Crippen LogP contribution in [0.15, 0.2) is 24.2 Å². The molecule has 72 valence electrons. The Morgan fingerprint density at radius 2 is 2.29 bits per heavy atom. The number of hydrogen-bond donors (Lipinski definition) is 1. The van der Waals surface area contributed by atoms with Crippen molar-refractivity contribution in [3.05, 3.63) is 29.9 Å². The molecule has 0 saturated heterocycles. The van der Waals surface area contributed by atoms with Gasteiger partial charge in [-0.3, -0.25) is 14.5 Å². The van der Waals surface area contributed by atoms with Crippen molar-refractivity contribution in [1.82, 2.24) is 14.9 Å². The number of imide groups is 1. The summed E-state index contributed by atoms with van der Waals surface area (Å²) < 4.78 is 0. The summed E-state index contributed by atoms with van der Waals surface area (Å²) in [5.41, 5.74) is 1.23. The maximum atomic E-state index is 11.4. The van der Waals surface area contributed by atoms with Gasteiger partial charge in [0.05, 0.1) is 18.6 Å². The Kier molecular flexibility index (Phi) is 1.92. The minimum absolute atomic E-state index is 0.232. The Morgan fingerprint density at radius 3 is 2.79 bits per heavy atom. The van der Waals surface area contributed by atoms with Crippen molar-refractivity contribution in [2.75, 3.05) is 0 Å². The number of nitrogens with zero attached hydrogens (tertiary/aromatic N) is 2. The number of nitrogens with one attached hydrogen (secondary N) is 1. The van der Waals surface area contributed by atoms with Crippen molar-refractivity contribution in [2.24, 2.45) is 0 Å². The van der Waals surface area contributed by atoms with E-state index in [1.165, 1.54) is 17.3 Å². The van der Waals surface area contributed by atoms with E-state index in [1.54, 1.807) is 13.1 Å². The van der Waals surface area contributed by atoms with Crippen LogP contribution < -0.4 is 0 Å². The van der Waals surface area contributed by atoms with Crippen LogP contribution in [-0.4, -0.2) is 26.7 Å². The molecular formula is C9H9N3O2. The van der Waals surface area contributed by atoms with E-state index in [9.17, 15) is 9.59 Å². The van der Waals surface area contributed by atoms with Gasteiger partial charge in [0.25, 0.3) is 11.8 Å². The van der Waals surface area contributed by atoms with Gasteiger partial charge < -0.3 is 4.98 Å². The van der Waals surface area contributed by atoms with Crippen LogP contribution in [0.3, 0.4) is 0 Å². The maximum absolute atomic E-state index is 11.4. The molecule has 0 saturated carbocycles. The third-order valence-electron chi connectivity index (χ3n) is 2.07. The summed E-state index contributed by atoms with van der Waals surface area (Å²) in [6.45, 7) is 1.89. The van der Waals surface area contributed by atoms with Crippen molar-refractivity contribution in [2.45, 2.75) is 13.5 Å². The number of aromatic amines is 1. The highest BCUT2D eigenvalue weighted by Crippen LogP contribution is 2.14. The lowest BCUT2D eigenvalue weighted by molar-refractivity contribution is -0.137. The fourth-order valence-corrected chi connectivity index (χ4v) is 1.33. The van der Waals surface area contributed by atoms with Gasteiger partial charge in [-0.2, -0.15) is 0 Å². The van der Waals surface area contributed by atoms with Crippen molar-refractivity contribution in [3.8, 4) is 0 Å². The van der Waals surface area contributed by atoms with E-state index in [-0.39, 0.29) is 18.4 Å². The highest BCUT2D eigenvalue weighted by molar-refractivity contribution is 6.15. The van der Waals surface area contributed by atoms with Gasteiger partial charge in [0.1, 0.15) is 0 Å². The van der Waals surface area contributed by atoms with Crippen molar-refractivity contribution >= 4 is 11.8 Å². The molecule has 1 aromatic rings. The number of carbonyl (C=O) groups excluding carboxylic acids is 2. The maximum Gasteiger partial charge on any atom is 0.256 e. The standard InChI is InChI=1S/C9H9N3O2/c1-6-2-8(13)12(9(6)14)4-7-3-10-5-11-7/h2-3,5H,4H2,1H3,(H,10,11). The molecule has 1 aromatic heterocycles. The van der Waals surface area contributed by atoms with E-state index in [0.717, 1.165) is 5.69 Å². The second-order valence-electron chi connectivity index (χ2n) is 3.13. The van der Waals surface area contributed by atoms with E-state index in [0.29, 0.717) is 5.57 Å². The van der Waals surface area contributed by atoms with Crippen molar-refractivity contribution in [1.29, 1.82) is 0 Å². The highest BCUT2D eigenvalue weighted by Gasteiger charge is 2.28. The molecule has 0 aliphatic carbocycles. The largest absolute Gasteiger partial charge is 0.347 e. The average molecular weight is 191 g/mol. The molecule has 0 unspecified atom stereocenters. The third kappa shape index (κ3) is 1.32. The molecule has 0 radical (unpaired) electrons. The summed E-state index contributed by atoms with van der Waals surface area (Å²) in [6.07, 6.45) is 4.45. The summed E-state index contributed by atoms with van der Waals surface area (Å²) >= 11 is 0. The first-order chi connectivity index (χ1) is 6.68. The monoisotopic (exact) mass is 191 g/mol.